The molecule has 7 rings (SSSR count). The minimum absolute atomic E-state index is 0.0376. The van der Waals surface area contributed by atoms with Crippen molar-refractivity contribution >= 4 is 57.3 Å². The Labute approximate surface area is 248 Å². The van der Waals surface area contributed by atoms with Crippen LogP contribution in [0, 0.1) is 0 Å². The van der Waals surface area contributed by atoms with Crippen LogP contribution in [0.25, 0.3) is 27.6 Å². The van der Waals surface area contributed by atoms with Crippen LogP contribution in [0.15, 0.2) is 109 Å². The molecule has 0 unspecified atom stereocenters. The van der Waals surface area contributed by atoms with Gasteiger partial charge >= 0.3 is 0 Å². The van der Waals surface area contributed by atoms with Gasteiger partial charge in [0.15, 0.2) is 0 Å². The molecule has 210 valence electrons. The van der Waals surface area contributed by atoms with Gasteiger partial charge in [0, 0.05) is 24.0 Å². The van der Waals surface area contributed by atoms with Gasteiger partial charge in [0.2, 0.25) is 0 Å². The molecule has 0 bridgehead atoms. The number of anilines is 3. The van der Waals surface area contributed by atoms with Crippen molar-refractivity contribution in [1.82, 2.24) is 9.55 Å². The molecule has 3 heterocycles. The topological polar surface area (TPSA) is 33.5 Å². The fraction of sp³-hybridized carbons (Fsp3) is 0.194. The summed E-state index contributed by atoms with van der Waals surface area (Å²) >= 11 is 0. The molecule has 0 atom stereocenters. The lowest BCUT2D eigenvalue weighted by Gasteiger charge is -2.26. The van der Waals surface area contributed by atoms with Crippen LogP contribution in [0.2, 0.25) is 13.1 Å². The van der Waals surface area contributed by atoms with Gasteiger partial charge < -0.3 is 0 Å². The molecule has 5 nitrogen and oxygen atoms in total. The van der Waals surface area contributed by atoms with E-state index in [1.807, 2.05) is 29.4 Å². The SMILES string of the molecule is CN1ON(c2cccc([Si](C)(C)c3ccc4c5ccccc5n(-c5cc(C(C)(C)C)ccn5)c4c3)c2)c2ccccc21. The number of rotatable bonds is 4. The summed E-state index contributed by atoms with van der Waals surface area (Å²) < 4.78 is 2.34. The monoisotopic (exact) mass is 568 g/mol. The lowest BCUT2D eigenvalue weighted by Crippen LogP contribution is -2.52. The second-order valence-electron chi connectivity index (χ2n) is 12.8. The Kier molecular flexibility index (Phi) is 6.04. The zero-order valence-electron chi connectivity index (χ0n) is 25.1. The number of pyridine rings is 1. The molecular weight excluding hydrogens is 533 g/mol. The highest BCUT2D eigenvalue weighted by Gasteiger charge is 2.31. The van der Waals surface area contributed by atoms with Crippen molar-refractivity contribution in [3.05, 3.63) is 115 Å². The lowest BCUT2D eigenvalue weighted by molar-refractivity contribution is 0.142. The van der Waals surface area contributed by atoms with Crippen molar-refractivity contribution in [2.75, 3.05) is 17.2 Å². The first-order valence-corrected chi connectivity index (χ1v) is 17.5. The minimum atomic E-state index is -2.11. The Bertz CT molecular complexity index is 1970. The van der Waals surface area contributed by atoms with Crippen LogP contribution < -0.4 is 20.5 Å². The molecule has 0 saturated heterocycles. The van der Waals surface area contributed by atoms with Crippen LogP contribution >= 0.6 is 0 Å². The summed E-state index contributed by atoms with van der Waals surface area (Å²) in [6, 6.07) is 37.2. The summed E-state index contributed by atoms with van der Waals surface area (Å²) in [6.45, 7) is 11.6. The molecule has 1 aliphatic rings. The molecule has 0 N–H and O–H groups in total. The number of fused-ring (bicyclic) bond motifs is 4. The third-order valence-electron chi connectivity index (χ3n) is 8.68. The molecule has 0 aliphatic carbocycles. The standard InChI is InChI=1S/C36H36N4OSi/c1-36(2,3)25-20-21-37-35(22-25)39-31-15-8-7-14-29(31)30-19-18-28(24-34(30)39)42(5,6)27-13-11-12-26(23-27)40-33-17-10-9-16-32(33)38(4)41-40/h7-24H,1-6H3. The van der Waals surface area contributed by atoms with Crippen LogP contribution in [-0.4, -0.2) is 24.7 Å². The van der Waals surface area contributed by atoms with Crippen molar-refractivity contribution in [3.8, 4) is 5.82 Å². The minimum Gasteiger partial charge on any atom is -0.294 e. The molecule has 0 radical (unpaired) electrons. The van der Waals surface area contributed by atoms with Crippen LogP contribution in [0.3, 0.4) is 0 Å². The maximum atomic E-state index is 6.15. The van der Waals surface area contributed by atoms with Crippen LogP contribution in [0.4, 0.5) is 17.1 Å². The van der Waals surface area contributed by atoms with E-state index < -0.39 is 8.07 Å². The first-order valence-electron chi connectivity index (χ1n) is 14.5. The molecule has 0 fully saturated rings. The van der Waals surface area contributed by atoms with Crippen LogP contribution in [0.1, 0.15) is 26.3 Å². The van der Waals surface area contributed by atoms with E-state index in [1.165, 1.54) is 37.7 Å². The van der Waals surface area contributed by atoms with Gasteiger partial charge in [-0.15, -0.1) is 4.94 Å². The summed E-state index contributed by atoms with van der Waals surface area (Å²) in [6.07, 6.45) is 1.95. The Hall–Kier alpha value is -4.39. The number of hydroxylamine groups is 1. The molecule has 0 amide bonds. The zero-order chi connectivity index (χ0) is 29.2. The first kappa shape index (κ1) is 26.5. The molecule has 2 aromatic heterocycles. The molecule has 0 saturated carbocycles. The summed E-state index contributed by atoms with van der Waals surface area (Å²) in [5, 5.41) is 8.98. The molecule has 4 aromatic carbocycles. The third-order valence-corrected chi connectivity index (χ3v) is 12.2. The van der Waals surface area contributed by atoms with E-state index in [9.17, 15) is 0 Å². The average Bonchev–Trinajstić information content (AvgIpc) is 3.51. The van der Waals surface area contributed by atoms with E-state index in [0.29, 0.717) is 0 Å². The van der Waals surface area contributed by atoms with E-state index >= 15 is 0 Å². The molecule has 6 heteroatoms. The summed E-state index contributed by atoms with van der Waals surface area (Å²) in [4.78, 5) is 11.0. The van der Waals surface area contributed by atoms with Gasteiger partial charge in [-0.25, -0.2) is 10.0 Å². The lowest BCUT2D eigenvalue weighted by atomic mass is 9.88. The van der Waals surface area contributed by atoms with Gasteiger partial charge in [-0.1, -0.05) is 98.8 Å². The van der Waals surface area contributed by atoms with Crippen molar-refractivity contribution in [2.24, 2.45) is 0 Å². The highest BCUT2D eigenvalue weighted by Crippen LogP contribution is 2.40. The van der Waals surface area contributed by atoms with Gasteiger partial charge in [0.1, 0.15) is 13.9 Å². The maximum absolute atomic E-state index is 6.15. The number of hydrogen-bond acceptors (Lipinski definition) is 4. The number of hydrogen-bond donors (Lipinski definition) is 0. The largest absolute Gasteiger partial charge is 0.294 e. The second-order valence-corrected chi connectivity index (χ2v) is 17.2. The molecule has 42 heavy (non-hydrogen) atoms. The predicted octanol–water partition coefficient (Wildman–Crippen LogP) is 7.73. The average molecular weight is 569 g/mol. The Morgan fingerprint density at radius 2 is 1.40 bits per heavy atom. The number of nitrogens with zero attached hydrogens (tertiary/aromatic N) is 4. The molecule has 0 spiro atoms. The Morgan fingerprint density at radius 1 is 0.690 bits per heavy atom. The van der Waals surface area contributed by atoms with Gasteiger partial charge in [-0.05, 0) is 59.5 Å². The summed E-state index contributed by atoms with van der Waals surface area (Å²) in [5.41, 5.74) is 6.83. The van der Waals surface area contributed by atoms with Gasteiger partial charge in [-0.3, -0.25) is 4.57 Å². The Balaban J connectivity index is 1.36. The predicted molar refractivity (Wildman–Crippen MR) is 179 cm³/mol. The van der Waals surface area contributed by atoms with Crippen LogP contribution in [0.5, 0.6) is 0 Å². The fourth-order valence-corrected chi connectivity index (χ4v) is 8.45. The number of aromatic nitrogens is 2. The molecular formula is C36H36N4OSi. The fourth-order valence-electron chi connectivity index (χ4n) is 6.10. The quantitative estimate of drug-likeness (QED) is 0.204. The van der Waals surface area contributed by atoms with Crippen molar-refractivity contribution in [3.63, 3.8) is 0 Å². The van der Waals surface area contributed by atoms with E-state index in [4.69, 9.17) is 9.92 Å². The van der Waals surface area contributed by atoms with Crippen LogP contribution in [-0.2, 0) is 10.4 Å². The highest BCUT2D eigenvalue weighted by atomic mass is 28.3. The first-order chi connectivity index (χ1) is 20.1. The summed E-state index contributed by atoms with van der Waals surface area (Å²) in [5.74, 6) is 0.959. The van der Waals surface area contributed by atoms with Crippen molar-refractivity contribution in [2.45, 2.75) is 39.3 Å². The van der Waals surface area contributed by atoms with Gasteiger partial charge in [0.25, 0.3) is 0 Å². The number of para-hydroxylation sites is 3. The smallest absolute Gasteiger partial charge is 0.137 e. The van der Waals surface area contributed by atoms with E-state index in [0.717, 1.165) is 22.9 Å². The zero-order valence-corrected chi connectivity index (χ0v) is 26.1. The van der Waals surface area contributed by atoms with Gasteiger partial charge in [0.05, 0.1) is 28.1 Å². The van der Waals surface area contributed by atoms with Gasteiger partial charge in [-0.2, -0.15) is 5.06 Å². The van der Waals surface area contributed by atoms with Crippen molar-refractivity contribution in [1.29, 1.82) is 0 Å². The maximum Gasteiger partial charge on any atom is 0.137 e. The third kappa shape index (κ3) is 4.21. The second kappa shape index (κ2) is 9.58. The molecule has 6 aromatic rings. The van der Waals surface area contributed by atoms with Crippen molar-refractivity contribution < 1.29 is 4.94 Å². The Morgan fingerprint density at radius 3 is 2.21 bits per heavy atom. The number of benzene rings is 4. The molecule has 1 aliphatic heterocycles. The van der Waals surface area contributed by atoms with E-state index in [2.05, 4.69) is 135 Å². The summed E-state index contributed by atoms with van der Waals surface area (Å²) in [7, 11) is -0.161. The normalized spacial score (nSPS) is 13.8. The highest BCUT2D eigenvalue weighted by molar-refractivity contribution is 7.00. The van der Waals surface area contributed by atoms with E-state index in [-0.39, 0.29) is 5.41 Å². The van der Waals surface area contributed by atoms with E-state index in [1.54, 1.807) is 0 Å².